The minimum Gasteiger partial charge on any atom is -0.127 e. The molecule has 0 saturated heterocycles. The van der Waals surface area contributed by atoms with Crippen LogP contribution in [0.15, 0.2) is 15.4 Å². The molecule has 0 unspecified atom stereocenters. The van der Waals surface area contributed by atoms with Gasteiger partial charge < -0.3 is 0 Å². The average Bonchev–Trinajstić information content (AvgIpc) is 2.18. The number of rotatable bonds is 1. The number of benzene rings is 1. The van der Waals surface area contributed by atoms with E-state index in [4.69, 9.17) is 11.6 Å². The molecule has 0 aliphatic heterocycles. The standard InChI is InChI=1S/C11H12BrClS/c1-14-11-9(13)6-7-4-2-3-5-8(7)10(11)12/h6H,2-5H2,1H3. The van der Waals surface area contributed by atoms with Crippen LogP contribution in [0.5, 0.6) is 0 Å². The summed E-state index contributed by atoms with van der Waals surface area (Å²) in [6.45, 7) is 0. The fraction of sp³-hybridized carbons (Fsp3) is 0.455. The third-order valence-corrected chi connectivity index (χ3v) is 5.08. The van der Waals surface area contributed by atoms with E-state index in [2.05, 4.69) is 28.3 Å². The number of halogens is 2. The Balaban J connectivity index is 2.57. The molecule has 0 atom stereocenters. The fourth-order valence-corrected chi connectivity index (χ4v) is 4.27. The summed E-state index contributed by atoms with van der Waals surface area (Å²) in [6.07, 6.45) is 7.06. The molecule has 1 aromatic rings. The van der Waals surface area contributed by atoms with Crippen LogP contribution in [0.3, 0.4) is 0 Å². The average molecular weight is 292 g/mol. The first-order valence-corrected chi connectivity index (χ1v) is 7.17. The molecule has 0 amide bonds. The van der Waals surface area contributed by atoms with Crippen molar-refractivity contribution in [3.8, 4) is 0 Å². The fourth-order valence-electron chi connectivity index (χ4n) is 1.99. The first-order valence-electron chi connectivity index (χ1n) is 4.77. The monoisotopic (exact) mass is 290 g/mol. The van der Waals surface area contributed by atoms with E-state index in [1.165, 1.54) is 46.2 Å². The van der Waals surface area contributed by atoms with Crippen LogP contribution >= 0.6 is 39.3 Å². The van der Waals surface area contributed by atoms with Crippen molar-refractivity contribution in [2.75, 3.05) is 6.26 Å². The highest BCUT2D eigenvalue weighted by Gasteiger charge is 2.17. The van der Waals surface area contributed by atoms with E-state index in [9.17, 15) is 0 Å². The van der Waals surface area contributed by atoms with Crippen molar-refractivity contribution in [3.63, 3.8) is 0 Å². The Hall–Kier alpha value is 0.340. The summed E-state index contributed by atoms with van der Waals surface area (Å²) in [6, 6.07) is 2.15. The highest BCUT2D eigenvalue weighted by atomic mass is 79.9. The lowest BCUT2D eigenvalue weighted by molar-refractivity contribution is 0.681. The molecule has 1 aliphatic carbocycles. The molecule has 0 aromatic heterocycles. The van der Waals surface area contributed by atoms with E-state index in [-0.39, 0.29) is 0 Å². The molecule has 0 fully saturated rings. The summed E-state index contributed by atoms with van der Waals surface area (Å²) in [4.78, 5) is 1.19. The quantitative estimate of drug-likeness (QED) is 0.676. The highest BCUT2D eigenvalue weighted by Crippen LogP contribution is 2.39. The molecule has 0 spiro atoms. The Morgan fingerprint density at radius 3 is 2.79 bits per heavy atom. The molecule has 0 heterocycles. The molecule has 76 valence electrons. The Labute approximate surface area is 103 Å². The van der Waals surface area contributed by atoms with Crippen LogP contribution < -0.4 is 0 Å². The molecule has 2 rings (SSSR count). The molecule has 0 N–H and O–H groups in total. The van der Waals surface area contributed by atoms with E-state index in [1.54, 1.807) is 11.8 Å². The number of aryl methyl sites for hydroxylation is 1. The maximum absolute atomic E-state index is 6.22. The maximum Gasteiger partial charge on any atom is 0.0556 e. The van der Waals surface area contributed by atoms with Crippen LogP contribution in [0.4, 0.5) is 0 Å². The number of thioether (sulfide) groups is 1. The summed E-state index contributed by atoms with van der Waals surface area (Å²) < 4.78 is 1.23. The van der Waals surface area contributed by atoms with Gasteiger partial charge in [0.15, 0.2) is 0 Å². The topological polar surface area (TPSA) is 0 Å². The number of fused-ring (bicyclic) bond motifs is 1. The summed E-state index contributed by atoms with van der Waals surface area (Å²) in [5.41, 5.74) is 2.91. The van der Waals surface area contributed by atoms with Gasteiger partial charge in [0.05, 0.1) is 5.02 Å². The van der Waals surface area contributed by atoms with Crippen molar-refractivity contribution in [3.05, 3.63) is 26.7 Å². The Morgan fingerprint density at radius 2 is 2.07 bits per heavy atom. The van der Waals surface area contributed by atoms with Gasteiger partial charge in [0.25, 0.3) is 0 Å². The van der Waals surface area contributed by atoms with Gasteiger partial charge >= 0.3 is 0 Å². The van der Waals surface area contributed by atoms with Gasteiger partial charge in [0.1, 0.15) is 0 Å². The van der Waals surface area contributed by atoms with Crippen LogP contribution in [0.25, 0.3) is 0 Å². The summed E-state index contributed by atoms with van der Waals surface area (Å²) >= 11 is 11.6. The lowest BCUT2D eigenvalue weighted by Crippen LogP contribution is -2.04. The summed E-state index contributed by atoms with van der Waals surface area (Å²) in [7, 11) is 0. The molecule has 0 bridgehead atoms. The van der Waals surface area contributed by atoms with Crippen LogP contribution in [0.2, 0.25) is 5.02 Å². The van der Waals surface area contributed by atoms with Crippen LogP contribution in [0, 0.1) is 0 Å². The summed E-state index contributed by atoms with van der Waals surface area (Å²) in [5, 5.41) is 0.894. The molecule has 14 heavy (non-hydrogen) atoms. The van der Waals surface area contributed by atoms with Crippen molar-refractivity contribution >= 4 is 39.3 Å². The van der Waals surface area contributed by atoms with E-state index in [1.807, 2.05) is 0 Å². The van der Waals surface area contributed by atoms with Crippen molar-refractivity contribution in [2.45, 2.75) is 30.6 Å². The van der Waals surface area contributed by atoms with Crippen molar-refractivity contribution in [1.29, 1.82) is 0 Å². The van der Waals surface area contributed by atoms with E-state index in [0.717, 1.165) is 5.02 Å². The van der Waals surface area contributed by atoms with Crippen molar-refractivity contribution < 1.29 is 0 Å². The molecule has 0 radical (unpaired) electrons. The Kier molecular flexibility index (Phi) is 3.46. The zero-order chi connectivity index (χ0) is 10.1. The largest absolute Gasteiger partial charge is 0.127 e. The smallest absolute Gasteiger partial charge is 0.0556 e. The number of hydrogen-bond acceptors (Lipinski definition) is 1. The van der Waals surface area contributed by atoms with E-state index >= 15 is 0 Å². The van der Waals surface area contributed by atoms with Gasteiger partial charge in [-0.3, -0.25) is 0 Å². The van der Waals surface area contributed by atoms with Gasteiger partial charge in [-0.1, -0.05) is 11.6 Å². The van der Waals surface area contributed by atoms with E-state index in [0.29, 0.717) is 0 Å². The van der Waals surface area contributed by atoms with Crippen LogP contribution in [0.1, 0.15) is 24.0 Å². The molecular formula is C11H12BrClS. The SMILES string of the molecule is CSc1c(Cl)cc2c(c1Br)CCCC2. The maximum atomic E-state index is 6.22. The molecular weight excluding hydrogens is 280 g/mol. The molecule has 0 saturated carbocycles. The van der Waals surface area contributed by atoms with Gasteiger partial charge in [0.2, 0.25) is 0 Å². The summed E-state index contributed by atoms with van der Waals surface area (Å²) in [5.74, 6) is 0. The molecule has 1 aromatic carbocycles. The van der Waals surface area contributed by atoms with Gasteiger partial charge in [0, 0.05) is 9.37 Å². The second kappa shape index (κ2) is 4.46. The normalized spacial score (nSPS) is 15.4. The zero-order valence-corrected chi connectivity index (χ0v) is 11.2. The lowest BCUT2D eigenvalue weighted by Gasteiger charge is -2.19. The first kappa shape index (κ1) is 10.8. The third kappa shape index (κ3) is 1.84. The van der Waals surface area contributed by atoms with Crippen LogP contribution in [-0.4, -0.2) is 6.26 Å². The van der Waals surface area contributed by atoms with Crippen molar-refractivity contribution in [2.24, 2.45) is 0 Å². The van der Waals surface area contributed by atoms with Crippen LogP contribution in [-0.2, 0) is 12.8 Å². The Morgan fingerprint density at radius 1 is 1.36 bits per heavy atom. The predicted molar refractivity (Wildman–Crippen MR) is 67.6 cm³/mol. The van der Waals surface area contributed by atoms with E-state index < -0.39 is 0 Å². The minimum absolute atomic E-state index is 0.894. The lowest BCUT2D eigenvalue weighted by atomic mass is 9.92. The minimum atomic E-state index is 0.894. The second-order valence-corrected chi connectivity index (χ2v) is 5.57. The Bertz CT molecular complexity index is 363. The first-order chi connectivity index (χ1) is 6.74. The van der Waals surface area contributed by atoms with Gasteiger partial charge in [-0.2, -0.15) is 0 Å². The predicted octanol–water partition coefficient (Wildman–Crippen LogP) is 4.70. The van der Waals surface area contributed by atoms with Gasteiger partial charge in [-0.15, -0.1) is 11.8 Å². The molecule has 3 heteroatoms. The van der Waals surface area contributed by atoms with Gasteiger partial charge in [-0.25, -0.2) is 0 Å². The highest BCUT2D eigenvalue weighted by molar-refractivity contribution is 9.10. The third-order valence-electron chi connectivity index (χ3n) is 2.70. The van der Waals surface area contributed by atoms with Gasteiger partial charge in [-0.05, 0) is 65.1 Å². The van der Waals surface area contributed by atoms with Crippen molar-refractivity contribution in [1.82, 2.24) is 0 Å². The molecule has 1 aliphatic rings. The molecule has 0 nitrogen and oxygen atoms in total. The number of hydrogen-bond donors (Lipinski definition) is 0. The zero-order valence-electron chi connectivity index (χ0n) is 8.07. The second-order valence-electron chi connectivity index (χ2n) is 3.55.